The Morgan fingerprint density at radius 2 is 1.89 bits per heavy atom. The Hall–Kier alpha value is -0.970. The van der Waals surface area contributed by atoms with Gasteiger partial charge in [0.05, 0.1) is 0 Å². The van der Waals surface area contributed by atoms with Crippen molar-refractivity contribution < 1.29 is 0 Å². The lowest BCUT2D eigenvalue weighted by Gasteiger charge is -2.35. The number of hydrogen-bond donors (Lipinski definition) is 1. The fourth-order valence-electron chi connectivity index (χ4n) is 2.26. The summed E-state index contributed by atoms with van der Waals surface area (Å²) in [6, 6.07) is 1.89. The van der Waals surface area contributed by atoms with E-state index in [4.69, 9.17) is 5.73 Å². The molecule has 18 heavy (non-hydrogen) atoms. The molecule has 4 nitrogen and oxygen atoms in total. The number of nitrogen functional groups attached to an aromatic ring is 1. The van der Waals surface area contributed by atoms with E-state index >= 15 is 0 Å². The summed E-state index contributed by atoms with van der Waals surface area (Å²) in [4.78, 5) is 11.3. The first kappa shape index (κ1) is 13.5. The predicted octanol–water partition coefficient (Wildman–Crippen LogP) is 2.51. The van der Waals surface area contributed by atoms with Crippen molar-refractivity contribution in [3.8, 4) is 0 Å². The molecule has 0 radical (unpaired) electrons. The van der Waals surface area contributed by atoms with Gasteiger partial charge in [0.2, 0.25) is 0 Å². The Morgan fingerprint density at radius 3 is 2.44 bits per heavy atom. The molecule has 2 rings (SSSR count). The third-order valence-corrected chi connectivity index (χ3v) is 4.24. The van der Waals surface area contributed by atoms with Crippen molar-refractivity contribution in [3.63, 3.8) is 0 Å². The van der Waals surface area contributed by atoms with Gasteiger partial charge >= 0.3 is 0 Å². The number of hydrogen-bond acceptors (Lipinski definition) is 5. The normalized spacial score (nSPS) is 24.6. The van der Waals surface area contributed by atoms with Crippen LogP contribution < -0.4 is 10.6 Å². The average Bonchev–Trinajstić information content (AvgIpc) is 2.26. The van der Waals surface area contributed by atoms with E-state index in [1.165, 1.54) is 0 Å². The maximum Gasteiger partial charge on any atom is 0.135 e. The van der Waals surface area contributed by atoms with E-state index in [1.807, 2.05) is 17.8 Å². The van der Waals surface area contributed by atoms with Gasteiger partial charge in [-0.05, 0) is 0 Å². The van der Waals surface area contributed by atoms with Gasteiger partial charge in [0, 0.05) is 35.6 Å². The third-order valence-electron chi connectivity index (χ3n) is 3.01. The summed E-state index contributed by atoms with van der Waals surface area (Å²) in [5.41, 5.74) is 5.89. The molecule has 5 heteroatoms. The lowest BCUT2D eigenvalue weighted by Crippen LogP contribution is -2.41. The SMILES string of the molecule is CC1CN(c2cc(N)nc(C(C)C)n2)CC(C)S1. The van der Waals surface area contributed by atoms with E-state index in [0.717, 1.165) is 24.7 Å². The number of aromatic nitrogens is 2. The number of nitrogens with two attached hydrogens (primary N) is 1. The quantitative estimate of drug-likeness (QED) is 0.891. The Labute approximate surface area is 113 Å². The fourth-order valence-corrected chi connectivity index (χ4v) is 3.58. The van der Waals surface area contributed by atoms with Gasteiger partial charge in [-0.1, -0.05) is 27.7 Å². The average molecular weight is 266 g/mol. The maximum atomic E-state index is 5.89. The molecule has 0 bridgehead atoms. The molecule has 100 valence electrons. The van der Waals surface area contributed by atoms with Gasteiger partial charge in [-0.3, -0.25) is 0 Å². The Kier molecular flexibility index (Phi) is 4.00. The van der Waals surface area contributed by atoms with Crippen molar-refractivity contribution in [1.29, 1.82) is 0 Å². The van der Waals surface area contributed by atoms with Crippen LogP contribution in [0.2, 0.25) is 0 Å². The molecule has 1 aromatic rings. The molecule has 1 aromatic heterocycles. The van der Waals surface area contributed by atoms with Crippen LogP contribution in [0.4, 0.5) is 11.6 Å². The molecular weight excluding hydrogens is 244 g/mol. The molecule has 0 aliphatic carbocycles. The molecule has 2 atom stereocenters. The van der Waals surface area contributed by atoms with Crippen molar-refractivity contribution in [2.75, 3.05) is 23.7 Å². The van der Waals surface area contributed by atoms with Crippen molar-refractivity contribution in [2.24, 2.45) is 0 Å². The highest BCUT2D eigenvalue weighted by Gasteiger charge is 2.24. The first-order chi connectivity index (χ1) is 8.45. The van der Waals surface area contributed by atoms with Gasteiger partial charge in [-0.15, -0.1) is 0 Å². The summed E-state index contributed by atoms with van der Waals surface area (Å²) in [5.74, 6) is 2.69. The van der Waals surface area contributed by atoms with Crippen LogP contribution >= 0.6 is 11.8 Å². The Balaban J connectivity index is 2.26. The van der Waals surface area contributed by atoms with E-state index in [9.17, 15) is 0 Å². The molecule has 2 N–H and O–H groups in total. The topological polar surface area (TPSA) is 55.0 Å². The van der Waals surface area contributed by atoms with Gasteiger partial charge in [0.1, 0.15) is 17.5 Å². The molecule has 1 saturated heterocycles. The maximum absolute atomic E-state index is 5.89. The monoisotopic (exact) mass is 266 g/mol. The minimum atomic E-state index is 0.307. The van der Waals surface area contributed by atoms with Crippen LogP contribution in [0.25, 0.3) is 0 Å². The van der Waals surface area contributed by atoms with Gasteiger partial charge < -0.3 is 10.6 Å². The summed E-state index contributed by atoms with van der Waals surface area (Å²) < 4.78 is 0. The zero-order valence-corrected chi connectivity index (χ0v) is 12.4. The minimum absolute atomic E-state index is 0.307. The number of anilines is 2. The lowest BCUT2D eigenvalue weighted by molar-refractivity contribution is 0.703. The second-order valence-electron chi connectivity index (χ2n) is 5.33. The van der Waals surface area contributed by atoms with Crippen LogP contribution in [-0.2, 0) is 0 Å². The van der Waals surface area contributed by atoms with Crippen molar-refractivity contribution in [3.05, 3.63) is 11.9 Å². The zero-order chi connectivity index (χ0) is 13.3. The molecule has 1 aliphatic rings. The summed E-state index contributed by atoms with van der Waals surface area (Å²) in [6.07, 6.45) is 0. The molecule has 1 aliphatic heterocycles. The smallest absolute Gasteiger partial charge is 0.135 e. The number of rotatable bonds is 2. The highest BCUT2D eigenvalue weighted by molar-refractivity contribution is 8.00. The van der Waals surface area contributed by atoms with Crippen molar-refractivity contribution >= 4 is 23.4 Å². The summed E-state index contributed by atoms with van der Waals surface area (Å²) in [6.45, 7) is 10.8. The second kappa shape index (κ2) is 5.34. The van der Waals surface area contributed by atoms with Crippen LogP contribution in [0.3, 0.4) is 0 Å². The van der Waals surface area contributed by atoms with Crippen molar-refractivity contribution in [1.82, 2.24) is 9.97 Å². The molecule has 1 fully saturated rings. The number of nitrogens with zero attached hydrogens (tertiary/aromatic N) is 3. The van der Waals surface area contributed by atoms with Gasteiger partial charge in [-0.25, -0.2) is 9.97 Å². The van der Waals surface area contributed by atoms with Crippen molar-refractivity contribution in [2.45, 2.75) is 44.1 Å². The molecule has 2 unspecified atom stereocenters. The van der Waals surface area contributed by atoms with Crippen LogP contribution in [0.5, 0.6) is 0 Å². The van der Waals surface area contributed by atoms with Crippen LogP contribution in [0.15, 0.2) is 6.07 Å². The lowest BCUT2D eigenvalue weighted by atomic mass is 10.2. The van der Waals surface area contributed by atoms with E-state index in [-0.39, 0.29) is 0 Å². The molecule has 0 saturated carbocycles. The predicted molar refractivity (Wildman–Crippen MR) is 79.3 cm³/mol. The molecule has 0 amide bonds. The largest absolute Gasteiger partial charge is 0.384 e. The van der Waals surface area contributed by atoms with E-state index < -0.39 is 0 Å². The second-order valence-corrected chi connectivity index (χ2v) is 7.21. The van der Waals surface area contributed by atoms with E-state index in [2.05, 4.69) is 42.6 Å². The first-order valence-corrected chi connectivity index (χ1v) is 7.45. The Bertz CT molecular complexity index is 411. The fraction of sp³-hybridized carbons (Fsp3) is 0.692. The molecule has 2 heterocycles. The zero-order valence-electron chi connectivity index (χ0n) is 11.6. The minimum Gasteiger partial charge on any atom is -0.384 e. The van der Waals surface area contributed by atoms with E-state index in [0.29, 0.717) is 22.2 Å². The molecule has 0 spiro atoms. The number of thioether (sulfide) groups is 1. The highest BCUT2D eigenvalue weighted by Crippen LogP contribution is 2.28. The summed E-state index contributed by atoms with van der Waals surface area (Å²) in [7, 11) is 0. The van der Waals surface area contributed by atoms with Gasteiger partial charge in [0.15, 0.2) is 0 Å². The third kappa shape index (κ3) is 3.07. The van der Waals surface area contributed by atoms with Crippen LogP contribution in [0, 0.1) is 0 Å². The summed E-state index contributed by atoms with van der Waals surface area (Å²) >= 11 is 2.04. The Morgan fingerprint density at radius 1 is 1.28 bits per heavy atom. The first-order valence-electron chi connectivity index (χ1n) is 6.50. The standard InChI is InChI=1S/C13H22N4S/c1-8(2)13-15-11(14)5-12(16-13)17-6-9(3)18-10(4)7-17/h5,8-10H,6-7H2,1-4H3,(H2,14,15,16). The van der Waals surface area contributed by atoms with E-state index in [1.54, 1.807) is 0 Å². The molecule has 0 aromatic carbocycles. The summed E-state index contributed by atoms with van der Waals surface area (Å²) in [5, 5.41) is 1.26. The molecular formula is C13H22N4S. The van der Waals surface area contributed by atoms with Crippen LogP contribution in [0.1, 0.15) is 39.4 Å². The van der Waals surface area contributed by atoms with Crippen LogP contribution in [-0.4, -0.2) is 33.6 Å². The van der Waals surface area contributed by atoms with Gasteiger partial charge in [0.25, 0.3) is 0 Å². The highest BCUT2D eigenvalue weighted by atomic mass is 32.2. The van der Waals surface area contributed by atoms with Gasteiger partial charge in [-0.2, -0.15) is 11.8 Å².